The van der Waals surface area contributed by atoms with Gasteiger partial charge in [0.2, 0.25) is 11.8 Å². The molecule has 8 rings (SSSR count). The van der Waals surface area contributed by atoms with Crippen LogP contribution in [0, 0.1) is 5.92 Å². The van der Waals surface area contributed by atoms with Crippen LogP contribution in [0.1, 0.15) is 89.6 Å². The molecule has 4 N–H and O–H groups in total. The smallest absolute Gasteiger partial charge is 0.407 e. The molecule has 0 radical (unpaired) electrons. The van der Waals surface area contributed by atoms with E-state index in [1.54, 1.807) is 6.92 Å². The van der Waals surface area contributed by atoms with Crippen molar-refractivity contribution in [1.82, 2.24) is 40.4 Å². The van der Waals surface area contributed by atoms with Crippen LogP contribution in [0.15, 0.2) is 48.7 Å². The average Bonchev–Trinajstić information content (AvgIpc) is 4.04. The number of hydrogen-bond donors (Lipinski definition) is 4. The Hall–Kier alpha value is -6.12. The van der Waals surface area contributed by atoms with E-state index in [0.717, 1.165) is 81.2 Å². The number of fused-ring (bicyclic) bond motifs is 6. The normalized spacial score (nSPS) is 21.0. The van der Waals surface area contributed by atoms with Crippen molar-refractivity contribution in [2.45, 2.75) is 103 Å². The molecule has 0 bridgehead atoms. The first-order valence-electron chi connectivity index (χ1n) is 20.0. The highest BCUT2D eigenvalue weighted by molar-refractivity contribution is 6.07. The molecule has 58 heavy (non-hydrogen) atoms. The van der Waals surface area contributed by atoms with E-state index in [1.807, 2.05) is 49.8 Å². The van der Waals surface area contributed by atoms with Crippen LogP contribution in [0.2, 0.25) is 0 Å². The number of hydrogen-bond acceptors (Lipinski definition) is 9. The van der Waals surface area contributed by atoms with E-state index < -0.39 is 24.3 Å². The SMILES string of the molecule is COC(=O)NC(C)C(=O)N1C(C)CCC1c1nc2c(ccc3cc4c(cc32)OCc2cc(-c3cnc(C5CCC(C)N5C(=O)C(NC(=O)OC)C(C)C)[nH]3)ccc2-4)[nH]1. The minimum atomic E-state index is -0.744. The molecule has 0 spiro atoms. The van der Waals surface area contributed by atoms with E-state index >= 15 is 0 Å². The van der Waals surface area contributed by atoms with E-state index in [2.05, 4.69) is 57.0 Å². The molecule has 3 aromatic carbocycles. The van der Waals surface area contributed by atoms with E-state index in [-0.39, 0.29) is 41.9 Å². The van der Waals surface area contributed by atoms with Crippen LogP contribution in [0.25, 0.3) is 44.2 Å². The lowest BCUT2D eigenvalue weighted by molar-refractivity contribution is -0.137. The topological polar surface area (TPSA) is 184 Å². The zero-order valence-corrected chi connectivity index (χ0v) is 33.8. The monoisotopic (exact) mass is 790 g/mol. The molecule has 2 fully saturated rings. The number of nitrogens with zero attached hydrogens (tertiary/aromatic N) is 4. The summed E-state index contributed by atoms with van der Waals surface area (Å²) in [6, 6.07) is 12.6. The van der Waals surface area contributed by atoms with E-state index in [0.29, 0.717) is 18.3 Å². The molecule has 15 nitrogen and oxygen atoms in total. The van der Waals surface area contributed by atoms with Gasteiger partial charge in [-0.2, -0.15) is 0 Å². The van der Waals surface area contributed by atoms with Gasteiger partial charge in [0.05, 0.1) is 49.2 Å². The van der Waals surface area contributed by atoms with Crippen molar-refractivity contribution in [1.29, 1.82) is 0 Å². The number of amides is 4. The van der Waals surface area contributed by atoms with Crippen LogP contribution in [0.4, 0.5) is 9.59 Å². The maximum absolute atomic E-state index is 13.8. The number of aromatic nitrogens is 4. The Morgan fingerprint density at radius 2 is 1.50 bits per heavy atom. The number of benzene rings is 3. The number of H-pyrrole nitrogens is 2. The number of methoxy groups -OCH3 is 2. The Bertz CT molecular complexity index is 2420. The van der Waals surface area contributed by atoms with Gasteiger partial charge in [0, 0.05) is 23.0 Å². The molecule has 5 heterocycles. The predicted octanol–water partition coefficient (Wildman–Crippen LogP) is 6.89. The van der Waals surface area contributed by atoms with Gasteiger partial charge in [0.1, 0.15) is 36.1 Å². The number of imidazole rings is 2. The molecule has 2 saturated heterocycles. The number of aromatic amines is 2. The Balaban J connectivity index is 1.04. The van der Waals surface area contributed by atoms with Crippen LogP contribution in [0.3, 0.4) is 0 Å². The number of carbonyl (C=O) groups is 4. The van der Waals surface area contributed by atoms with E-state index in [4.69, 9.17) is 24.2 Å². The zero-order chi connectivity index (χ0) is 41.0. The van der Waals surface area contributed by atoms with E-state index in [9.17, 15) is 19.2 Å². The fourth-order valence-electron chi connectivity index (χ4n) is 8.91. The van der Waals surface area contributed by atoms with Gasteiger partial charge < -0.3 is 44.6 Å². The largest absolute Gasteiger partial charge is 0.488 e. The third kappa shape index (κ3) is 6.85. The van der Waals surface area contributed by atoms with Crippen molar-refractivity contribution in [3.63, 3.8) is 0 Å². The summed E-state index contributed by atoms with van der Waals surface area (Å²) in [6.07, 6.45) is 3.68. The van der Waals surface area contributed by atoms with E-state index in [1.165, 1.54) is 14.2 Å². The second kappa shape index (κ2) is 15.3. The van der Waals surface area contributed by atoms with Crippen LogP contribution in [0.5, 0.6) is 5.75 Å². The van der Waals surface area contributed by atoms with Gasteiger partial charge in [-0.1, -0.05) is 32.0 Å². The molecule has 6 atom stereocenters. The Kier molecular flexibility index (Phi) is 10.2. The molecule has 15 heteroatoms. The summed E-state index contributed by atoms with van der Waals surface area (Å²) in [4.78, 5) is 71.8. The van der Waals surface area contributed by atoms with Crippen molar-refractivity contribution < 1.29 is 33.4 Å². The first-order chi connectivity index (χ1) is 27.9. The van der Waals surface area contributed by atoms with Crippen molar-refractivity contribution in [3.8, 4) is 28.1 Å². The van der Waals surface area contributed by atoms with Crippen molar-refractivity contribution >= 4 is 45.8 Å². The molecule has 0 aliphatic carbocycles. The van der Waals surface area contributed by atoms with Gasteiger partial charge >= 0.3 is 12.2 Å². The maximum atomic E-state index is 13.8. The first kappa shape index (κ1) is 38.7. The second-order valence-electron chi connectivity index (χ2n) is 16.1. The van der Waals surface area contributed by atoms with Gasteiger partial charge in [-0.3, -0.25) is 9.59 Å². The fraction of sp³-hybridized carbons (Fsp3) is 0.442. The number of carbonyl (C=O) groups excluding carboxylic acids is 4. The van der Waals surface area contributed by atoms with Crippen molar-refractivity contribution in [2.24, 2.45) is 5.92 Å². The number of rotatable bonds is 8. The lowest BCUT2D eigenvalue weighted by atomic mass is 9.92. The summed E-state index contributed by atoms with van der Waals surface area (Å²) in [5, 5.41) is 7.28. The first-order valence-corrected chi connectivity index (χ1v) is 20.0. The number of nitrogens with one attached hydrogen (secondary N) is 4. The minimum Gasteiger partial charge on any atom is -0.488 e. The van der Waals surface area contributed by atoms with Gasteiger partial charge in [-0.25, -0.2) is 19.6 Å². The second-order valence-corrected chi connectivity index (χ2v) is 16.1. The fourth-order valence-corrected chi connectivity index (χ4v) is 8.91. The Morgan fingerprint density at radius 3 is 2.21 bits per heavy atom. The van der Waals surface area contributed by atoms with Gasteiger partial charge in [0.25, 0.3) is 0 Å². The Labute approximate surface area is 336 Å². The summed E-state index contributed by atoms with van der Waals surface area (Å²) >= 11 is 0. The molecule has 2 aromatic heterocycles. The lowest BCUT2D eigenvalue weighted by Crippen LogP contribution is -2.52. The summed E-state index contributed by atoms with van der Waals surface area (Å²) in [5.41, 5.74) is 6.58. The Morgan fingerprint density at radius 1 is 0.810 bits per heavy atom. The average molecular weight is 791 g/mol. The summed E-state index contributed by atoms with van der Waals surface area (Å²) in [5.74, 6) is 1.72. The number of ether oxygens (including phenoxy) is 3. The van der Waals surface area contributed by atoms with Crippen molar-refractivity contribution in [3.05, 3.63) is 65.9 Å². The molecule has 5 aromatic rings. The molecular weight excluding hydrogens is 741 g/mol. The summed E-state index contributed by atoms with van der Waals surface area (Å²) in [7, 11) is 2.57. The standard InChI is InChI=1S/C43H50N8O7/c1-21(2)36(49-43(55)57-7)41(53)51-23(4)8-14-33(51)38-44-19-32(47-38)26-10-12-28-27(16-26)20-58-35-18-29-25(17-30(28)35)11-13-31-37(29)48-39(46-31)34-15-9-22(3)50(34)40(52)24(5)45-42(54)56-6/h10-13,16-19,21-24,33-34,36H,8-9,14-15,20H2,1-7H3,(H,44,47)(H,45,54)(H,46,48)(H,49,55). The molecule has 0 saturated carbocycles. The number of likely N-dealkylation sites (tertiary alicyclic amines) is 2. The highest BCUT2D eigenvalue weighted by Gasteiger charge is 2.42. The molecule has 3 aliphatic heterocycles. The highest BCUT2D eigenvalue weighted by atomic mass is 16.5. The van der Waals surface area contributed by atoms with Crippen LogP contribution < -0.4 is 15.4 Å². The molecule has 4 amide bonds. The molecule has 6 unspecified atom stereocenters. The lowest BCUT2D eigenvalue weighted by Gasteiger charge is -2.32. The van der Waals surface area contributed by atoms with Crippen LogP contribution >= 0.6 is 0 Å². The molecule has 3 aliphatic rings. The molecular formula is C43H50N8O7. The van der Waals surface area contributed by atoms with Gasteiger partial charge in [-0.15, -0.1) is 0 Å². The quantitative estimate of drug-likeness (QED) is 0.130. The van der Waals surface area contributed by atoms with Crippen LogP contribution in [-0.4, -0.2) is 92.1 Å². The maximum Gasteiger partial charge on any atom is 0.407 e. The number of alkyl carbamates (subject to hydrolysis) is 2. The van der Waals surface area contributed by atoms with Gasteiger partial charge in [0.15, 0.2) is 0 Å². The summed E-state index contributed by atoms with van der Waals surface area (Å²) < 4.78 is 15.9. The van der Waals surface area contributed by atoms with Crippen LogP contribution in [-0.2, 0) is 25.7 Å². The third-order valence-corrected chi connectivity index (χ3v) is 12.0. The highest BCUT2D eigenvalue weighted by Crippen LogP contribution is 2.44. The zero-order valence-electron chi connectivity index (χ0n) is 33.8. The predicted molar refractivity (Wildman–Crippen MR) is 217 cm³/mol. The molecule has 304 valence electrons. The van der Waals surface area contributed by atoms with Gasteiger partial charge in [-0.05, 0) is 98.7 Å². The minimum absolute atomic E-state index is 0.0146. The third-order valence-electron chi connectivity index (χ3n) is 12.0. The summed E-state index contributed by atoms with van der Waals surface area (Å²) in [6.45, 7) is 9.90. The van der Waals surface area contributed by atoms with Crippen molar-refractivity contribution in [2.75, 3.05) is 14.2 Å².